The lowest BCUT2D eigenvalue weighted by Gasteiger charge is -2.22. The molecule has 3 aromatic rings. The van der Waals surface area contributed by atoms with Gasteiger partial charge in [0.1, 0.15) is 19.0 Å². The lowest BCUT2D eigenvalue weighted by molar-refractivity contribution is -0.139. The molecule has 1 atom stereocenters. The number of nitrogens with two attached hydrogens (primary N) is 1. The molecule has 3 N–H and O–H groups in total. The monoisotopic (exact) mass is 470 g/mol. The number of nitrogens with one attached hydrogen (secondary N) is 1. The number of hydrogen-bond acceptors (Lipinski definition) is 4. The van der Waals surface area contributed by atoms with Crippen molar-refractivity contribution in [2.24, 2.45) is 5.73 Å². The number of halogens is 3. The fourth-order valence-corrected chi connectivity index (χ4v) is 4.34. The topological polar surface area (TPSA) is 73.6 Å². The van der Waals surface area contributed by atoms with E-state index in [0.29, 0.717) is 0 Å². The van der Waals surface area contributed by atoms with E-state index in [-0.39, 0.29) is 37.0 Å². The molecule has 0 heterocycles. The molecule has 4 rings (SSSR count). The molecule has 1 amide bonds. The van der Waals surface area contributed by atoms with Crippen molar-refractivity contribution in [1.29, 1.82) is 0 Å². The summed E-state index contributed by atoms with van der Waals surface area (Å²) in [5.74, 6) is -0.461. The first kappa shape index (κ1) is 23.6. The summed E-state index contributed by atoms with van der Waals surface area (Å²) >= 11 is 0. The van der Waals surface area contributed by atoms with Gasteiger partial charge in [-0.1, -0.05) is 60.7 Å². The number of ether oxygens (including phenoxy) is 2. The van der Waals surface area contributed by atoms with Crippen LogP contribution in [0.4, 0.5) is 18.0 Å². The largest absolute Gasteiger partial charge is 0.491 e. The van der Waals surface area contributed by atoms with E-state index in [4.69, 9.17) is 15.2 Å². The molecule has 0 saturated heterocycles. The Morgan fingerprint density at radius 1 is 1.00 bits per heavy atom. The number of alkyl halides is 3. The zero-order valence-corrected chi connectivity index (χ0v) is 18.6. The number of rotatable bonds is 7. The van der Waals surface area contributed by atoms with Crippen LogP contribution in [0.1, 0.15) is 41.1 Å². The van der Waals surface area contributed by atoms with Gasteiger partial charge in [0.2, 0.25) is 0 Å². The zero-order valence-electron chi connectivity index (χ0n) is 18.6. The van der Waals surface area contributed by atoms with E-state index in [9.17, 15) is 18.0 Å². The average Bonchev–Trinajstić information content (AvgIpc) is 3.14. The van der Waals surface area contributed by atoms with E-state index >= 15 is 0 Å². The number of fused-ring (bicyclic) bond motifs is 3. The molecule has 0 bridgehead atoms. The third-order valence-corrected chi connectivity index (χ3v) is 5.86. The van der Waals surface area contributed by atoms with Crippen molar-refractivity contribution < 1.29 is 27.4 Å². The summed E-state index contributed by atoms with van der Waals surface area (Å²) in [5, 5.41) is 2.62. The maximum absolute atomic E-state index is 13.5. The Morgan fingerprint density at radius 3 is 2.21 bits per heavy atom. The van der Waals surface area contributed by atoms with E-state index in [1.807, 2.05) is 48.5 Å². The molecule has 5 nitrogen and oxygen atoms in total. The number of alkyl carbamates (subject to hydrolysis) is 1. The minimum atomic E-state index is -4.61. The van der Waals surface area contributed by atoms with E-state index in [1.165, 1.54) is 12.1 Å². The highest BCUT2D eigenvalue weighted by Crippen LogP contribution is 2.44. The number of benzene rings is 3. The predicted molar refractivity (Wildman–Crippen MR) is 123 cm³/mol. The molecule has 0 fully saturated rings. The highest BCUT2D eigenvalue weighted by molar-refractivity contribution is 5.79. The van der Waals surface area contributed by atoms with Crippen LogP contribution in [0.2, 0.25) is 0 Å². The second-order valence-corrected chi connectivity index (χ2v) is 8.05. The van der Waals surface area contributed by atoms with E-state index in [1.54, 1.807) is 6.92 Å². The molecule has 1 aliphatic carbocycles. The van der Waals surface area contributed by atoms with Crippen molar-refractivity contribution in [2.75, 3.05) is 19.8 Å². The van der Waals surface area contributed by atoms with Crippen LogP contribution in [0.15, 0.2) is 66.7 Å². The molecule has 0 unspecified atom stereocenters. The summed E-state index contributed by atoms with van der Waals surface area (Å²) in [4.78, 5) is 12.6. The van der Waals surface area contributed by atoms with Gasteiger partial charge < -0.3 is 20.5 Å². The van der Waals surface area contributed by atoms with Crippen LogP contribution in [-0.4, -0.2) is 25.9 Å². The summed E-state index contributed by atoms with van der Waals surface area (Å²) < 4.78 is 51.3. The van der Waals surface area contributed by atoms with Gasteiger partial charge in [-0.05, 0) is 35.2 Å². The average molecular weight is 470 g/mol. The SMILES string of the molecule is C[C@@H](NC(=O)OCC1c2ccccc2-c2ccccc21)c1cccc(C(F)(F)F)c1OCCN. The maximum Gasteiger partial charge on any atom is 0.419 e. The normalized spacial score (nSPS) is 13.7. The Morgan fingerprint density at radius 2 is 1.62 bits per heavy atom. The minimum absolute atomic E-state index is 0.0554. The maximum atomic E-state index is 13.5. The van der Waals surface area contributed by atoms with Crippen molar-refractivity contribution >= 4 is 6.09 Å². The van der Waals surface area contributed by atoms with E-state index < -0.39 is 23.9 Å². The second kappa shape index (κ2) is 9.77. The van der Waals surface area contributed by atoms with Crippen molar-refractivity contribution in [3.63, 3.8) is 0 Å². The fourth-order valence-electron chi connectivity index (χ4n) is 4.34. The first-order chi connectivity index (χ1) is 16.3. The van der Waals surface area contributed by atoms with Crippen LogP contribution in [0, 0.1) is 0 Å². The molecule has 3 aromatic carbocycles. The van der Waals surface area contributed by atoms with Crippen molar-refractivity contribution in [3.05, 3.63) is 89.0 Å². The quantitative estimate of drug-likeness (QED) is 0.469. The van der Waals surface area contributed by atoms with Crippen molar-refractivity contribution in [3.8, 4) is 16.9 Å². The number of para-hydroxylation sites is 1. The van der Waals surface area contributed by atoms with Gasteiger partial charge in [0.15, 0.2) is 0 Å². The van der Waals surface area contributed by atoms with Crippen LogP contribution in [0.5, 0.6) is 5.75 Å². The van der Waals surface area contributed by atoms with Gasteiger partial charge in [-0.3, -0.25) is 0 Å². The van der Waals surface area contributed by atoms with Gasteiger partial charge in [-0.15, -0.1) is 0 Å². The second-order valence-electron chi connectivity index (χ2n) is 8.05. The number of hydrogen-bond donors (Lipinski definition) is 2. The van der Waals surface area contributed by atoms with Crippen molar-refractivity contribution in [1.82, 2.24) is 5.32 Å². The standard InChI is InChI=1S/C26H25F3N2O3/c1-16(17-11-6-12-23(26(27,28)29)24(17)33-14-13-30)31-25(32)34-15-22-20-9-4-2-7-18(20)19-8-3-5-10-21(19)22/h2-12,16,22H,13-15,30H2,1H3,(H,31,32)/t16-/m1/s1. The number of amides is 1. The molecule has 1 aliphatic rings. The minimum Gasteiger partial charge on any atom is -0.491 e. The van der Waals surface area contributed by atoms with Gasteiger partial charge >= 0.3 is 12.3 Å². The molecule has 178 valence electrons. The molecular weight excluding hydrogens is 445 g/mol. The molecule has 8 heteroatoms. The van der Waals surface area contributed by atoms with Crippen LogP contribution in [0.3, 0.4) is 0 Å². The predicted octanol–water partition coefficient (Wildman–Crippen LogP) is 5.64. The highest BCUT2D eigenvalue weighted by Gasteiger charge is 2.36. The highest BCUT2D eigenvalue weighted by atomic mass is 19.4. The molecular formula is C26H25F3N2O3. The third-order valence-electron chi connectivity index (χ3n) is 5.86. The Balaban J connectivity index is 1.48. The Hall–Kier alpha value is -3.52. The van der Waals surface area contributed by atoms with Gasteiger partial charge in [0.25, 0.3) is 0 Å². The molecule has 0 aromatic heterocycles. The van der Waals surface area contributed by atoms with Crippen LogP contribution in [-0.2, 0) is 10.9 Å². The van der Waals surface area contributed by atoms with E-state index in [2.05, 4.69) is 5.32 Å². The Bertz CT molecular complexity index is 1130. The summed E-state index contributed by atoms with van der Waals surface area (Å²) in [6.45, 7) is 1.65. The summed E-state index contributed by atoms with van der Waals surface area (Å²) in [5.41, 5.74) is 9.03. The zero-order chi connectivity index (χ0) is 24.3. The molecule has 0 aliphatic heterocycles. The van der Waals surface area contributed by atoms with Gasteiger partial charge in [0.05, 0.1) is 11.6 Å². The lowest BCUT2D eigenvalue weighted by Crippen LogP contribution is -2.29. The molecule has 34 heavy (non-hydrogen) atoms. The smallest absolute Gasteiger partial charge is 0.419 e. The fraction of sp³-hybridized carbons (Fsp3) is 0.269. The Labute approximate surface area is 195 Å². The first-order valence-corrected chi connectivity index (χ1v) is 11.0. The van der Waals surface area contributed by atoms with Gasteiger partial charge in [-0.25, -0.2) is 4.79 Å². The number of carbonyl (C=O) groups is 1. The first-order valence-electron chi connectivity index (χ1n) is 11.0. The molecule has 0 spiro atoms. The van der Waals surface area contributed by atoms with Crippen LogP contribution >= 0.6 is 0 Å². The Kier molecular flexibility index (Phi) is 6.79. The molecule has 0 radical (unpaired) electrons. The van der Waals surface area contributed by atoms with Gasteiger partial charge in [0, 0.05) is 18.0 Å². The van der Waals surface area contributed by atoms with Crippen LogP contribution < -0.4 is 15.8 Å². The summed E-state index contributed by atoms with van der Waals surface area (Å²) in [6, 6.07) is 18.8. The summed E-state index contributed by atoms with van der Waals surface area (Å²) in [7, 11) is 0. The van der Waals surface area contributed by atoms with E-state index in [0.717, 1.165) is 28.3 Å². The number of carbonyl (C=O) groups excluding carboxylic acids is 1. The van der Waals surface area contributed by atoms with Crippen LogP contribution in [0.25, 0.3) is 11.1 Å². The van der Waals surface area contributed by atoms with Crippen molar-refractivity contribution in [2.45, 2.75) is 25.1 Å². The van der Waals surface area contributed by atoms with Gasteiger partial charge in [-0.2, -0.15) is 13.2 Å². The third kappa shape index (κ3) is 4.72. The molecule has 0 saturated carbocycles. The lowest BCUT2D eigenvalue weighted by atomic mass is 9.98. The summed E-state index contributed by atoms with van der Waals surface area (Å²) in [6.07, 6.45) is -5.33.